The van der Waals surface area contributed by atoms with Crippen molar-refractivity contribution >= 4 is 21.9 Å². The number of aliphatic carboxylic acids is 1. The molecular weight excluding hydrogens is 251 g/mol. The monoisotopic (exact) mass is 260 g/mol. The first-order chi connectivity index (χ1) is 6.43. The van der Waals surface area contributed by atoms with Crippen LogP contribution in [0.4, 0.5) is 4.39 Å². The molecule has 0 aliphatic carbocycles. The molecule has 14 heavy (non-hydrogen) atoms. The topological polar surface area (TPSA) is 37.3 Å². The summed E-state index contributed by atoms with van der Waals surface area (Å²) < 4.78 is 14.1. The van der Waals surface area contributed by atoms with Crippen LogP contribution in [0, 0.1) is 19.7 Å². The molecule has 0 unspecified atom stereocenters. The van der Waals surface area contributed by atoms with Crippen molar-refractivity contribution in [2.45, 2.75) is 20.3 Å². The minimum Gasteiger partial charge on any atom is -0.481 e. The lowest BCUT2D eigenvalue weighted by Gasteiger charge is -2.08. The zero-order valence-corrected chi connectivity index (χ0v) is 9.48. The maximum absolute atomic E-state index is 13.5. The van der Waals surface area contributed by atoms with Crippen LogP contribution in [0.5, 0.6) is 0 Å². The number of rotatable bonds is 2. The molecule has 0 fully saturated rings. The highest BCUT2D eigenvalue weighted by molar-refractivity contribution is 9.10. The van der Waals surface area contributed by atoms with E-state index in [0.29, 0.717) is 21.2 Å². The molecule has 0 atom stereocenters. The van der Waals surface area contributed by atoms with Crippen molar-refractivity contribution in [2.75, 3.05) is 0 Å². The number of halogens is 2. The number of hydrogen-bond acceptors (Lipinski definition) is 1. The van der Waals surface area contributed by atoms with Crippen LogP contribution in [0.3, 0.4) is 0 Å². The average molecular weight is 261 g/mol. The molecule has 0 amide bonds. The van der Waals surface area contributed by atoms with Gasteiger partial charge in [0.25, 0.3) is 0 Å². The fourth-order valence-corrected chi connectivity index (χ4v) is 1.69. The van der Waals surface area contributed by atoms with Crippen molar-refractivity contribution in [1.82, 2.24) is 0 Å². The van der Waals surface area contributed by atoms with Gasteiger partial charge in [-0.05, 0) is 36.6 Å². The number of hydrogen-bond donors (Lipinski definition) is 1. The van der Waals surface area contributed by atoms with Gasteiger partial charge >= 0.3 is 5.97 Å². The number of carboxylic acid groups (broad SMARTS) is 1. The maximum Gasteiger partial charge on any atom is 0.307 e. The lowest BCUT2D eigenvalue weighted by molar-refractivity contribution is -0.136. The van der Waals surface area contributed by atoms with E-state index in [9.17, 15) is 9.18 Å². The van der Waals surface area contributed by atoms with E-state index >= 15 is 0 Å². The Balaban J connectivity index is 3.25. The quantitative estimate of drug-likeness (QED) is 0.888. The molecule has 0 saturated carbocycles. The van der Waals surface area contributed by atoms with E-state index in [0.717, 1.165) is 0 Å². The summed E-state index contributed by atoms with van der Waals surface area (Å²) in [7, 11) is 0. The Labute approximate surface area is 89.9 Å². The highest BCUT2D eigenvalue weighted by Crippen LogP contribution is 2.25. The van der Waals surface area contributed by atoms with Crippen LogP contribution in [0.15, 0.2) is 10.5 Å². The fraction of sp³-hybridized carbons (Fsp3) is 0.300. The van der Waals surface area contributed by atoms with Crippen molar-refractivity contribution in [3.05, 3.63) is 33.0 Å². The van der Waals surface area contributed by atoms with E-state index in [1.165, 1.54) is 0 Å². The van der Waals surface area contributed by atoms with Crippen molar-refractivity contribution in [1.29, 1.82) is 0 Å². The molecule has 1 rings (SSSR count). The molecule has 0 spiro atoms. The van der Waals surface area contributed by atoms with E-state index in [1.807, 2.05) is 0 Å². The van der Waals surface area contributed by atoms with Crippen LogP contribution in [0.2, 0.25) is 0 Å². The molecule has 0 bridgehead atoms. The van der Waals surface area contributed by atoms with E-state index < -0.39 is 5.97 Å². The normalized spacial score (nSPS) is 10.3. The molecule has 1 aromatic carbocycles. The highest BCUT2D eigenvalue weighted by atomic mass is 79.9. The number of carbonyl (C=O) groups is 1. The summed E-state index contributed by atoms with van der Waals surface area (Å²) >= 11 is 3.19. The van der Waals surface area contributed by atoms with Gasteiger partial charge in [0.15, 0.2) is 0 Å². The van der Waals surface area contributed by atoms with Crippen molar-refractivity contribution in [3.8, 4) is 0 Å². The largest absolute Gasteiger partial charge is 0.481 e. The molecule has 76 valence electrons. The van der Waals surface area contributed by atoms with Gasteiger partial charge in [-0.1, -0.05) is 15.9 Å². The molecule has 0 saturated heterocycles. The second-order valence-corrected chi connectivity index (χ2v) is 4.01. The smallest absolute Gasteiger partial charge is 0.307 e. The van der Waals surface area contributed by atoms with Gasteiger partial charge in [0, 0.05) is 4.47 Å². The zero-order valence-electron chi connectivity index (χ0n) is 7.90. The second-order valence-electron chi connectivity index (χ2n) is 3.15. The van der Waals surface area contributed by atoms with Gasteiger partial charge in [-0.25, -0.2) is 4.39 Å². The Morgan fingerprint density at radius 1 is 1.50 bits per heavy atom. The summed E-state index contributed by atoms with van der Waals surface area (Å²) in [5.74, 6) is -1.29. The maximum atomic E-state index is 13.5. The van der Waals surface area contributed by atoms with E-state index in [-0.39, 0.29) is 12.2 Å². The molecule has 0 radical (unpaired) electrons. The molecule has 1 aromatic rings. The molecule has 0 heterocycles. The predicted octanol–water partition coefficient (Wildman–Crippen LogP) is 2.83. The fourth-order valence-electron chi connectivity index (χ4n) is 1.24. The molecule has 4 heteroatoms. The SMILES string of the molecule is Cc1c(Br)cc(CC(=O)O)c(C)c1F. The molecule has 2 nitrogen and oxygen atoms in total. The van der Waals surface area contributed by atoms with Crippen LogP contribution in [-0.2, 0) is 11.2 Å². The minimum atomic E-state index is -0.955. The van der Waals surface area contributed by atoms with Gasteiger partial charge in [-0.2, -0.15) is 0 Å². The number of carboxylic acids is 1. The first-order valence-electron chi connectivity index (χ1n) is 4.09. The summed E-state index contributed by atoms with van der Waals surface area (Å²) in [4.78, 5) is 10.5. The van der Waals surface area contributed by atoms with E-state index in [2.05, 4.69) is 15.9 Å². The molecule has 1 N–H and O–H groups in total. The third-order valence-corrected chi connectivity index (χ3v) is 2.96. The van der Waals surface area contributed by atoms with Gasteiger partial charge in [0.2, 0.25) is 0 Å². The highest BCUT2D eigenvalue weighted by Gasteiger charge is 2.12. The predicted molar refractivity (Wildman–Crippen MR) is 54.9 cm³/mol. The summed E-state index contributed by atoms with van der Waals surface area (Å²) in [5, 5.41) is 8.60. The lowest BCUT2D eigenvalue weighted by atomic mass is 10.0. The minimum absolute atomic E-state index is 0.151. The zero-order chi connectivity index (χ0) is 10.9. The van der Waals surface area contributed by atoms with Crippen LogP contribution in [0.1, 0.15) is 16.7 Å². The Morgan fingerprint density at radius 2 is 2.07 bits per heavy atom. The molecule has 0 aliphatic rings. The van der Waals surface area contributed by atoms with Gasteiger partial charge in [0.1, 0.15) is 5.82 Å². The summed E-state index contributed by atoms with van der Waals surface area (Å²) in [6.07, 6.45) is -0.151. The van der Waals surface area contributed by atoms with Gasteiger partial charge in [-0.3, -0.25) is 4.79 Å². The third-order valence-electron chi connectivity index (χ3n) is 2.14. The summed E-state index contributed by atoms with van der Waals surface area (Å²) in [5.41, 5.74) is 1.43. The van der Waals surface area contributed by atoms with Crippen LogP contribution in [-0.4, -0.2) is 11.1 Å². The van der Waals surface area contributed by atoms with Crippen LogP contribution < -0.4 is 0 Å². The van der Waals surface area contributed by atoms with Crippen molar-refractivity contribution in [3.63, 3.8) is 0 Å². The van der Waals surface area contributed by atoms with E-state index in [4.69, 9.17) is 5.11 Å². The molecular formula is C10H10BrFO2. The first kappa shape index (κ1) is 11.2. The lowest BCUT2D eigenvalue weighted by Crippen LogP contribution is -2.04. The van der Waals surface area contributed by atoms with Crippen molar-refractivity contribution < 1.29 is 14.3 Å². The Kier molecular flexibility index (Phi) is 3.26. The Morgan fingerprint density at radius 3 is 2.57 bits per heavy atom. The van der Waals surface area contributed by atoms with Crippen LogP contribution >= 0.6 is 15.9 Å². The van der Waals surface area contributed by atoms with Crippen LogP contribution in [0.25, 0.3) is 0 Å². The first-order valence-corrected chi connectivity index (χ1v) is 4.88. The average Bonchev–Trinajstić information content (AvgIpc) is 2.10. The van der Waals surface area contributed by atoms with E-state index in [1.54, 1.807) is 19.9 Å². The number of benzene rings is 1. The Bertz CT molecular complexity index is 388. The summed E-state index contributed by atoms with van der Waals surface area (Å²) in [6.45, 7) is 3.24. The standard InChI is InChI=1S/C10H10BrFO2/c1-5-7(4-9(13)14)3-8(11)6(2)10(5)12/h3H,4H2,1-2H3,(H,13,14). The van der Waals surface area contributed by atoms with Gasteiger partial charge in [0.05, 0.1) is 6.42 Å². The van der Waals surface area contributed by atoms with Gasteiger partial charge in [-0.15, -0.1) is 0 Å². The third kappa shape index (κ3) is 2.12. The molecule has 0 aromatic heterocycles. The van der Waals surface area contributed by atoms with Crippen molar-refractivity contribution in [2.24, 2.45) is 0 Å². The second kappa shape index (κ2) is 4.09. The summed E-state index contributed by atoms with van der Waals surface area (Å²) in [6, 6.07) is 1.65. The Hall–Kier alpha value is -0.900. The molecule has 0 aliphatic heterocycles. The van der Waals surface area contributed by atoms with Gasteiger partial charge < -0.3 is 5.11 Å².